The lowest BCUT2D eigenvalue weighted by Crippen LogP contribution is -1.90. The number of nitrogens with zero attached hydrogens (tertiary/aromatic N) is 1. The van der Waals surface area contributed by atoms with Crippen LogP contribution in [0, 0.1) is 0 Å². The van der Waals surface area contributed by atoms with Gasteiger partial charge in [-0.25, -0.2) is 0 Å². The average Bonchev–Trinajstić information content (AvgIpc) is 2.49. The van der Waals surface area contributed by atoms with Gasteiger partial charge in [0.15, 0.2) is 0 Å². The van der Waals surface area contributed by atoms with E-state index in [4.69, 9.17) is 0 Å². The van der Waals surface area contributed by atoms with Crippen molar-refractivity contribution < 1.29 is 0 Å². The zero-order valence-electron chi connectivity index (χ0n) is 11.2. The average molecular weight is 324 g/mol. The van der Waals surface area contributed by atoms with E-state index >= 15 is 0 Å². The van der Waals surface area contributed by atoms with Gasteiger partial charge < -0.3 is 0 Å². The molecule has 1 aliphatic rings. The van der Waals surface area contributed by atoms with E-state index in [-0.39, 0.29) is 0 Å². The molecule has 2 heteroatoms. The summed E-state index contributed by atoms with van der Waals surface area (Å²) >= 11 is 3.53. The number of allylic oxidation sites excluding steroid dienone is 1. The SMILES string of the molecule is C=C1c2ccc(Br)cc2/C=C\C(C)=Nc2ccccc21. The fraction of sp³-hybridized carbons (Fsp3) is 0.0556. The van der Waals surface area contributed by atoms with E-state index in [2.05, 4.69) is 51.8 Å². The third kappa shape index (κ3) is 2.39. The van der Waals surface area contributed by atoms with Gasteiger partial charge in [-0.3, -0.25) is 4.99 Å². The Morgan fingerprint density at radius 1 is 1.00 bits per heavy atom. The van der Waals surface area contributed by atoms with Crippen LogP contribution >= 0.6 is 15.9 Å². The predicted molar refractivity (Wildman–Crippen MR) is 90.5 cm³/mol. The first-order valence-electron chi connectivity index (χ1n) is 6.47. The smallest absolute Gasteiger partial charge is 0.0711 e. The molecule has 0 saturated heterocycles. The highest BCUT2D eigenvalue weighted by atomic mass is 79.9. The van der Waals surface area contributed by atoms with Gasteiger partial charge in [0.25, 0.3) is 0 Å². The molecule has 0 aromatic heterocycles. The maximum atomic E-state index is 4.67. The van der Waals surface area contributed by atoms with Crippen LogP contribution in [0.4, 0.5) is 5.69 Å². The van der Waals surface area contributed by atoms with Crippen molar-refractivity contribution in [2.45, 2.75) is 6.92 Å². The molecule has 0 spiro atoms. The Labute approximate surface area is 127 Å². The van der Waals surface area contributed by atoms with Crippen molar-refractivity contribution in [3.05, 3.63) is 76.3 Å². The summed E-state index contributed by atoms with van der Waals surface area (Å²) in [4.78, 5) is 4.67. The van der Waals surface area contributed by atoms with Crippen LogP contribution in [-0.2, 0) is 0 Å². The number of hydrogen-bond donors (Lipinski definition) is 0. The first-order valence-corrected chi connectivity index (χ1v) is 7.26. The molecule has 2 aromatic rings. The van der Waals surface area contributed by atoms with Gasteiger partial charge in [-0.1, -0.05) is 52.9 Å². The zero-order valence-corrected chi connectivity index (χ0v) is 12.8. The number of rotatable bonds is 0. The zero-order chi connectivity index (χ0) is 14.1. The summed E-state index contributed by atoms with van der Waals surface area (Å²) < 4.78 is 1.07. The summed E-state index contributed by atoms with van der Waals surface area (Å²) in [7, 11) is 0. The van der Waals surface area contributed by atoms with Crippen LogP contribution in [0.1, 0.15) is 23.6 Å². The van der Waals surface area contributed by atoms with Crippen LogP contribution < -0.4 is 0 Å². The van der Waals surface area contributed by atoms with Crippen molar-refractivity contribution in [2.24, 2.45) is 4.99 Å². The molecule has 0 atom stereocenters. The van der Waals surface area contributed by atoms with E-state index in [0.29, 0.717) is 0 Å². The van der Waals surface area contributed by atoms with Crippen molar-refractivity contribution in [1.82, 2.24) is 0 Å². The first kappa shape index (κ1) is 13.1. The van der Waals surface area contributed by atoms with Gasteiger partial charge in [0.1, 0.15) is 0 Å². The number of para-hydroxylation sites is 1. The molecule has 2 aromatic carbocycles. The summed E-state index contributed by atoms with van der Waals surface area (Å²) in [6.45, 7) is 6.29. The van der Waals surface area contributed by atoms with Crippen LogP contribution in [-0.4, -0.2) is 5.71 Å². The van der Waals surface area contributed by atoms with Gasteiger partial charge in [-0.05, 0) is 47.9 Å². The molecule has 0 amide bonds. The van der Waals surface area contributed by atoms with Crippen molar-refractivity contribution in [3.8, 4) is 0 Å². The Bertz CT molecular complexity index is 754. The highest BCUT2D eigenvalue weighted by molar-refractivity contribution is 9.10. The van der Waals surface area contributed by atoms with Gasteiger partial charge in [0.05, 0.1) is 5.69 Å². The monoisotopic (exact) mass is 323 g/mol. The lowest BCUT2D eigenvalue weighted by Gasteiger charge is -2.12. The second-order valence-electron chi connectivity index (χ2n) is 4.81. The van der Waals surface area contributed by atoms with E-state index in [9.17, 15) is 0 Å². The Hall–Kier alpha value is -1.93. The Morgan fingerprint density at radius 2 is 1.80 bits per heavy atom. The van der Waals surface area contributed by atoms with E-state index in [1.165, 1.54) is 0 Å². The topological polar surface area (TPSA) is 12.4 Å². The molecule has 1 aliphatic heterocycles. The molecule has 0 N–H and O–H groups in total. The number of fused-ring (bicyclic) bond motifs is 2. The largest absolute Gasteiger partial charge is 0.253 e. The molecular weight excluding hydrogens is 310 g/mol. The number of aliphatic imine (C=N–C) groups is 1. The first-order chi connectivity index (χ1) is 9.65. The van der Waals surface area contributed by atoms with E-state index in [1.807, 2.05) is 37.3 Å². The molecule has 20 heavy (non-hydrogen) atoms. The highest BCUT2D eigenvalue weighted by Gasteiger charge is 2.12. The Morgan fingerprint density at radius 3 is 2.65 bits per heavy atom. The summed E-state index contributed by atoms with van der Waals surface area (Å²) in [5.74, 6) is 0. The van der Waals surface area contributed by atoms with E-state index in [0.717, 1.165) is 38.1 Å². The van der Waals surface area contributed by atoms with Gasteiger partial charge in [0.2, 0.25) is 0 Å². The minimum Gasteiger partial charge on any atom is -0.253 e. The fourth-order valence-electron chi connectivity index (χ4n) is 2.36. The normalized spacial score (nSPS) is 15.3. The Balaban J connectivity index is 2.30. The van der Waals surface area contributed by atoms with E-state index < -0.39 is 0 Å². The van der Waals surface area contributed by atoms with Gasteiger partial charge in [-0.2, -0.15) is 0 Å². The van der Waals surface area contributed by atoms with Gasteiger partial charge in [0, 0.05) is 15.7 Å². The number of benzene rings is 2. The molecule has 98 valence electrons. The summed E-state index contributed by atoms with van der Waals surface area (Å²) in [6.07, 6.45) is 4.14. The molecule has 0 unspecified atom stereocenters. The summed E-state index contributed by atoms with van der Waals surface area (Å²) in [5, 5.41) is 0. The third-order valence-electron chi connectivity index (χ3n) is 3.37. The maximum Gasteiger partial charge on any atom is 0.0711 e. The number of hydrogen-bond acceptors (Lipinski definition) is 1. The molecule has 0 saturated carbocycles. The van der Waals surface area contributed by atoms with Crippen LogP contribution in [0.3, 0.4) is 0 Å². The molecule has 0 radical (unpaired) electrons. The minimum atomic E-state index is 0.968. The third-order valence-corrected chi connectivity index (χ3v) is 3.86. The molecule has 0 bridgehead atoms. The lowest BCUT2D eigenvalue weighted by atomic mass is 9.94. The van der Waals surface area contributed by atoms with Gasteiger partial charge in [-0.15, -0.1) is 0 Å². The molecular formula is C18H14BrN. The van der Waals surface area contributed by atoms with Crippen LogP contribution in [0.5, 0.6) is 0 Å². The molecule has 0 fully saturated rings. The summed E-state index contributed by atoms with van der Waals surface area (Å²) in [6, 6.07) is 14.4. The van der Waals surface area contributed by atoms with Crippen molar-refractivity contribution >= 4 is 39.0 Å². The van der Waals surface area contributed by atoms with Crippen LogP contribution in [0.25, 0.3) is 11.6 Å². The van der Waals surface area contributed by atoms with Gasteiger partial charge >= 0.3 is 0 Å². The van der Waals surface area contributed by atoms with Crippen LogP contribution in [0.15, 0.2) is 64.6 Å². The van der Waals surface area contributed by atoms with Crippen molar-refractivity contribution in [3.63, 3.8) is 0 Å². The predicted octanol–water partition coefficient (Wildman–Crippen LogP) is 5.63. The molecule has 1 nitrogen and oxygen atoms in total. The number of halogens is 1. The van der Waals surface area contributed by atoms with Crippen molar-refractivity contribution in [1.29, 1.82) is 0 Å². The Kier molecular flexibility index (Phi) is 3.41. The van der Waals surface area contributed by atoms with Crippen LogP contribution in [0.2, 0.25) is 0 Å². The molecule has 3 rings (SSSR count). The summed E-state index contributed by atoms with van der Waals surface area (Å²) in [5.41, 5.74) is 6.33. The lowest BCUT2D eigenvalue weighted by molar-refractivity contribution is 1.46. The van der Waals surface area contributed by atoms with Crippen molar-refractivity contribution in [2.75, 3.05) is 0 Å². The van der Waals surface area contributed by atoms with E-state index in [1.54, 1.807) is 0 Å². The quantitative estimate of drug-likeness (QED) is 0.595. The molecule has 0 aliphatic carbocycles. The second kappa shape index (κ2) is 5.22. The minimum absolute atomic E-state index is 0.968. The molecule has 1 heterocycles. The second-order valence-corrected chi connectivity index (χ2v) is 5.73. The highest BCUT2D eigenvalue weighted by Crippen LogP contribution is 2.34. The standard InChI is InChI=1S/C18H14BrN/c1-12-7-8-14-11-15(19)9-10-16(14)13(2)17-5-3-4-6-18(17)20-12/h3-11H,2H2,1H3/b8-7-,20-12?. The maximum absolute atomic E-state index is 4.67. The fourth-order valence-corrected chi connectivity index (χ4v) is 2.73.